The molecule has 2 aliphatic rings. The average molecular weight is 1450 g/mol. The van der Waals surface area contributed by atoms with Gasteiger partial charge in [0.05, 0.1) is 39.3 Å². The Morgan fingerprint density at radius 1 is 0.495 bits per heavy atom. The van der Waals surface area contributed by atoms with Crippen LogP contribution in [0.2, 0.25) is 0 Å². The fourth-order valence-electron chi connectivity index (χ4n) is 12.5. The van der Waals surface area contributed by atoms with Crippen LogP contribution in [-0.2, 0) is 89.8 Å². The minimum atomic E-state index is -1.48. The number of hydrogen-bond acceptors (Lipinski definition) is 18. The number of hydrogen-bond donors (Lipinski definition) is 13. The molecular weight excluding hydrogens is 1360 g/mol. The predicted molar refractivity (Wildman–Crippen MR) is 382 cm³/mol. The Labute approximate surface area is 605 Å². The topological polar surface area (TPSA) is 443 Å². The van der Waals surface area contributed by atoms with E-state index < -0.39 is 153 Å². The van der Waals surface area contributed by atoms with Crippen molar-refractivity contribution >= 4 is 82.2 Å². The first-order chi connectivity index (χ1) is 50.5. The van der Waals surface area contributed by atoms with Crippen LogP contribution >= 0.6 is 0 Å². The van der Waals surface area contributed by atoms with E-state index in [4.69, 9.17) is 15.2 Å². The van der Waals surface area contributed by atoms with E-state index in [0.717, 1.165) is 26.9 Å². The summed E-state index contributed by atoms with van der Waals surface area (Å²) < 4.78 is 11.9. The highest BCUT2D eigenvalue weighted by molar-refractivity contribution is 5.99. The fraction of sp³-hybridized carbons (Fsp3) is 0.405. The lowest BCUT2D eigenvalue weighted by molar-refractivity contribution is -0.143. The number of rotatable bonds is 36. The monoisotopic (exact) mass is 1450 g/mol. The summed E-state index contributed by atoms with van der Waals surface area (Å²) in [6.07, 6.45) is -0.225. The lowest BCUT2D eigenvalue weighted by Gasteiger charge is -2.31. The Morgan fingerprint density at radius 3 is 1.56 bits per heavy atom. The van der Waals surface area contributed by atoms with Crippen LogP contribution in [0.25, 0.3) is 10.9 Å². The SMILES string of the molecule is NCCCC[C@@H]1NC(=O)[C@@H](Cc2c[nH]c3ccccc23)NC(=O)[C@H](Cc2ccccc2)NC(=O)[C@@H]2C[C@H](OC(=O)NCCNC(=O)CN(CCN(CCN(CC(=O)O)CC(=O)O)CC(=O)O)CC(=O)O)CN2C(=O)[C@H](CCc2ccccc2)NC(=O)[C@H](Cc2ccc(OCc3ccccc3)cc2)NC1=O. The number of amides is 8. The maximum absolute atomic E-state index is 15.7. The number of aliphatic carboxylic acids is 4. The molecule has 3 heterocycles. The number of aromatic nitrogens is 1. The summed E-state index contributed by atoms with van der Waals surface area (Å²) in [5.41, 5.74) is 10.2. The van der Waals surface area contributed by atoms with Gasteiger partial charge in [-0.05, 0) is 84.7 Å². The quantitative estimate of drug-likeness (QED) is 0.0244. The smallest absolute Gasteiger partial charge is 0.407 e. The standard InChI is InChI=1S/C74H91N13O18/c75-29-13-12-22-57-68(97)81-59(37-50-23-26-53(27-24-50)104-47-51-18-8-3-9-19-51)69(98)80-58(28-25-48-14-4-1-5-15-48)73(102)87-41-54(105-74(103)77-31-30-76-63(88)42-85(44-65(91)92)34-32-84(43-64(89)90)33-35-86(45-66(93)94)46-67(95)96)39-62(87)72(101)83-60(36-49-16-6-2-7-17-49)70(99)82-61(71(100)79-57)38-52-40-78-56-21-11-10-20-55(52)56/h1-11,14-21,23-24,26-27,40,54,57-62,78H,12-13,22,25,28-39,41-47,75H2,(H,76,88)(H,77,103)(H,79,100)(H,80,98)(H,81,97)(H,82,99)(H,83,101)(H,89,90)(H,91,92)(H,93,94)(H,95,96)/t54-,57-,58-,59-,60-,61+,62-/m0/s1. The number of alkyl carbamates (subject to hydrolysis) is 1. The van der Waals surface area contributed by atoms with Crippen molar-refractivity contribution in [1.82, 2.24) is 61.8 Å². The summed E-state index contributed by atoms with van der Waals surface area (Å²) in [4.78, 5) is 173. The molecular formula is C74H91N13O18. The second kappa shape index (κ2) is 40.5. The van der Waals surface area contributed by atoms with Gasteiger partial charge >= 0.3 is 30.0 Å². The maximum atomic E-state index is 15.7. The van der Waals surface area contributed by atoms with Crippen molar-refractivity contribution < 1.29 is 87.4 Å². The van der Waals surface area contributed by atoms with E-state index in [9.17, 15) is 49.2 Å². The van der Waals surface area contributed by atoms with E-state index >= 15 is 28.8 Å². The van der Waals surface area contributed by atoms with E-state index in [-0.39, 0.29) is 97.4 Å². The second-order valence-electron chi connectivity index (χ2n) is 25.8. The Hall–Kier alpha value is -11.3. The number of para-hydroxylation sites is 1. The number of nitrogens with zero attached hydrogens (tertiary/aromatic N) is 4. The Morgan fingerprint density at radius 2 is 0.971 bits per heavy atom. The minimum absolute atomic E-state index is 0.0532. The predicted octanol–water partition coefficient (Wildman–Crippen LogP) is 1.03. The number of aryl methyl sites for hydroxylation is 1. The molecule has 8 rings (SSSR count). The molecule has 2 fully saturated rings. The Kier molecular flexibility index (Phi) is 30.7. The highest BCUT2D eigenvalue weighted by Crippen LogP contribution is 2.26. The molecule has 105 heavy (non-hydrogen) atoms. The van der Waals surface area contributed by atoms with Gasteiger partial charge in [-0.1, -0.05) is 121 Å². The molecule has 2 saturated heterocycles. The zero-order valence-electron chi connectivity index (χ0n) is 58.0. The first kappa shape index (κ1) is 79.4. The minimum Gasteiger partial charge on any atom is -0.489 e. The summed E-state index contributed by atoms with van der Waals surface area (Å²) in [6.45, 7) is -3.98. The number of nitrogens with one attached hydrogen (secondary N) is 8. The molecule has 0 saturated carbocycles. The fourth-order valence-corrected chi connectivity index (χ4v) is 12.5. The molecule has 560 valence electrons. The molecule has 0 aliphatic carbocycles. The molecule has 14 N–H and O–H groups in total. The normalized spacial score (nSPS) is 18.9. The third kappa shape index (κ3) is 26.2. The van der Waals surface area contributed by atoms with Crippen molar-refractivity contribution in [3.8, 4) is 5.75 Å². The molecule has 0 bridgehead atoms. The van der Waals surface area contributed by atoms with Gasteiger partial charge in [0.15, 0.2) is 0 Å². The number of carboxylic acid groups (broad SMARTS) is 4. The number of carboxylic acids is 4. The third-order valence-corrected chi connectivity index (χ3v) is 17.8. The summed E-state index contributed by atoms with van der Waals surface area (Å²) in [6, 6.07) is 33.1. The van der Waals surface area contributed by atoms with Gasteiger partial charge < -0.3 is 82.7 Å². The average Bonchev–Trinajstić information content (AvgIpc) is 1.69. The van der Waals surface area contributed by atoms with Gasteiger partial charge in [-0.2, -0.15) is 0 Å². The van der Waals surface area contributed by atoms with Gasteiger partial charge in [0.25, 0.3) is 0 Å². The zero-order chi connectivity index (χ0) is 75.2. The number of unbranched alkanes of at least 4 members (excludes halogenated alkanes) is 1. The first-order valence-corrected chi connectivity index (χ1v) is 34.7. The maximum Gasteiger partial charge on any atom is 0.407 e. The van der Waals surface area contributed by atoms with Crippen molar-refractivity contribution in [3.05, 3.63) is 174 Å². The van der Waals surface area contributed by atoms with Crippen LogP contribution in [0.4, 0.5) is 4.79 Å². The Bertz CT molecular complexity index is 3910. The number of fused-ring (bicyclic) bond motifs is 2. The van der Waals surface area contributed by atoms with Crippen LogP contribution in [0.1, 0.15) is 59.9 Å². The Balaban J connectivity index is 1.06. The molecule has 31 heteroatoms. The lowest BCUT2D eigenvalue weighted by Crippen LogP contribution is -2.62. The summed E-state index contributed by atoms with van der Waals surface area (Å²) in [7, 11) is 0. The molecule has 5 aromatic carbocycles. The molecule has 8 amide bonds. The third-order valence-electron chi connectivity index (χ3n) is 17.8. The van der Waals surface area contributed by atoms with Crippen molar-refractivity contribution in [2.45, 2.75) is 107 Å². The van der Waals surface area contributed by atoms with Gasteiger partial charge in [-0.15, -0.1) is 0 Å². The molecule has 31 nitrogen and oxygen atoms in total. The summed E-state index contributed by atoms with van der Waals surface area (Å²) in [5.74, 6) is -10.1. The van der Waals surface area contributed by atoms with Crippen LogP contribution in [0.3, 0.4) is 0 Å². The van der Waals surface area contributed by atoms with E-state index in [1.807, 2.05) is 72.8 Å². The second-order valence-corrected chi connectivity index (χ2v) is 25.8. The highest BCUT2D eigenvalue weighted by atomic mass is 16.6. The number of nitrogens with two attached hydrogens (primary N) is 1. The molecule has 0 radical (unpaired) electrons. The lowest BCUT2D eigenvalue weighted by atomic mass is 9.99. The molecule has 0 spiro atoms. The van der Waals surface area contributed by atoms with Crippen molar-refractivity contribution in [1.29, 1.82) is 0 Å². The summed E-state index contributed by atoms with van der Waals surface area (Å²) in [5, 5.41) is 58.1. The molecule has 7 atom stereocenters. The first-order valence-electron chi connectivity index (χ1n) is 34.7. The number of benzene rings is 5. The van der Waals surface area contributed by atoms with E-state index in [0.29, 0.717) is 35.3 Å². The molecule has 1 aromatic heterocycles. The van der Waals surface area contributed by atoms with Crippen molar-refractivity contribution in [2.24, 2.45) is 5.73 Å². The zero-order valence-corrected chi connectivity index (χ0v) is 58.0. The number of H-pyrrole nitrogens is 1. The van der Waals surface area contributed by atoms with E-state index in [1.165, 1.54) is 14.7 Å². The van der Waals surface area contributed by atoms with Gasteiger partial charge in [-0.3, -0.25) is 67.4 Å². The van der Waals surface area contributed by atoms with Crippen molar-refractivity contribution in [2.75, 3.05) is 85.1 Å². The number of ether oxygens (including phenoxy) is 2. The van der Waals surface area contributed by atoms with Crippen LogP contribution in [-0.4, -0.2) is 244 Å². The molecule has 2 aliphatic heterocycles. The van der Waals surface area contributed by atoms with Gasteiger partial charge in [0.2, 0.25) is 41.4 Å². The van der Waals surface area contributed by atoms with Gasteiger partial charge in [0.1, 0.15) is 54.7 Å². The number of carbonyl (C=O) groups is 12. The van der Waals surface area contributed by atoms with E-state index in [2.05, 4.69) is 42.2 Å². The van der Waals surface area contributed by atoms with Gasteiger partial charge in [-0.25, -0.2) is 4.79 Å². The van der Waals surface area contributed by atoms with Crippen LogP contribution in [0.5, 0.6) is 5.75 Å². The van der Waals surface area contributed by atoms with E-state index in [1.54, 1.807) is 72.9 Å². The molecule has 0 unspecified atom stereocenters. The van der Waals surface area contributed by atoms with Crippen LogP contribution in [0, 0.1) is 0 Å². The molecule has 6 aromatic rings. The highest BCUT2D eigenvalue weighted by Gasteiger charge is 2.45. The number of aromatic amines is 1. The van der Waals surface area contributed by atoms with Gasteiger partial charge in [0, 0.05) is 82.1 Å². The van der Waals surface area contributed by atoms with Crippen LogP contribution in [0.15, 0.2) is 146 Å². The largest absolute Gasteiger partial charge is 0.489 e. The van der Waals surface area contributed by atoms with Crippen LogP contribution < -0.4 is 47.7 Å². The number of carbonyl (C=O) groups excluding carboxylic acids is 8. The summed E-state index contributed by atoms with van der Waals surface area (Å²) >= 11 is 0. The van der Waals surface area contributed by atoms with Crippen molar-refractivity contribution in [3.63, 3.8) is 0 Å².